The average molecular weight is 239 g/mol. The molecule has 0 bridgehead atoms. The zero-order chi connectivity index (χ0) is 10.7. The number of rotatable bonds is 4. The molecule has 0 saturated carbocycles. The number of hydrogen-bond acceptors (Lipinski definition) is 5. The molecule has 15 heavy (non-hydrogen) atoms. The van der Waals surface area contributed by atoms with E-state index in [4.69, 9.17) is 5.73 Å². The second-order valence-corrected chi connectivity index (χ2v) is 5.03. The molecule has 0 fully saturated rings. The minimum absolute atomic E-state index is 0.392. The van der Waals surface area contributed by atoms with E-state index in [2.05, 4.69) is 22.3 Å². The van der Waals surface area contributed by atoms with Gasteiger partial charge in [-0.2, -0.15) is 0 Å². The van der Waals surface area contributed by atoms with Gasteiger partial charge in [-0.05, 0) is 6.42 Å². The fraction of sp³-hybridized carbons (Fsp3) is 0.400. The number of nitrogens with two attached hydrogens (primary N) is 1. The van der Waals surface area contributed by atoms with Crippen molar-refractivity contribution < 1.29 is 0 Å². The van der Waals surface area contributed by atoms with E-state index >= 15 is 0 Å². The maximum atomic E-state index is 5.70. The third kappa shape index (κ3) is 2.25. The van der Waals surface area contributed by atoms with E-state index in [1.54, 1.807) is 22.7 Å². The number of thiazole rings is 2. The van der Waals surface area contributed by atoms with Gasteiger partial charge >= 0.3 is 0 Å². The van der Waals surface area contributed by atoms with E-state index < -0.39 is 0 Å². The Morgan fingerprint density at radius 3 is 2.93 bits per heavy atom. The van der Waals surface area contributed by atoms with Crippen LogP contribution in [0, 0.1) is 0 Å². The second-order valence-electron chi connectivity index (χ2n) is 3.28. The molecule has 80 valence electrons. The fourth-order valence-corrected chi connectivity index (χ4v) is 3.00. The summed E-state index contributed by atoms with van der Waals surface area (Å²) in [6.45, 7) is 2.81. The molecular weight excluding hydrogens is 226 g/mol. The van der Waals surface area contributed by atoms with Crippen molar-refractivity contribution >= 4 is 22.7 Å². The first-order chi connectivity index (χ1) is 7.35. The van der Waals surface area contributed by atoms with E-state index in [1.807, 2.05) is 11.7 Å². The largest absolute Gasteiger partial charge is 0.330 e. The molecule has 1 atom stereocenters. The first kappa shape index (κ1) is 10.7. The Morgan fingerprint density at radius 2 is 2.33 bits per heavy atom. The van der Waals surface area contributed by atoms with Gasteiger partial charge in [-0.15, -0.1) is 22.7 Å². The van der Waals surface area contributed by atoms with Crippen molar-refractivity contribution in [2.24, 2.45) is 5.73 Å². The maximum Gasteiger partial charge on any atom is 0.135 e. The molecule has 0 aliphatic carbocycles. The summed E-state index contributed by atoms with van der Waals surface area (Å²) in [5.74, 6) is 0.392. The van der Waals surface area contributed by atoms with Crippen LogP contribution in [0.4, 0.5) is 0 Å². The van der Waals surface area contributed by atoms with Gasteiger partial charge in [-0.3, -0.25) is 4.98 Å². The molecule has 0 aliphatic rings. The molecule has 2 aromatic heterocycles. The summed E-state index contributed by atoms with van der Waals surface area (Å²) in [6.07, 6.45) is 2.90. The normalized spacial score (nSPS) is 12.9. The molecule has 1 unspecified atom stereocenters. The van der Waals surface area contributed by atoms with Gasteiger partial charge in [-0.25, -0.2) is 4.98 Å². The number of nitrogens with zero attached hydrogens (tertiary/aromatic N) is 2. The zero-order valence-electron chi connectivity index (χ0n) is 8.51. The summed E-state index contributed by atoms with van der Waals surface area (Å²) in [5.41, 5.74) is 8.65. The molecule has 0 aromatic carbocycles. The Kier molecular flexibility index (Phi) is 3.45. The molecule has 2 rings (SSSR count). The highest BCUT2D eigenvalue weighted by atomic mass is 32.1. The second kappa shape index (κ2) is 4.83. The Balaban J connectivity index is 2.24. The van der Waals surface area contributed by atoms with Crippen molar-refractivity contribution in [2.75, 3.05) is 6.54 Å². The number of hydrogen-bond donors (Lipinski definition) is 1. The lowest BCUT2D eigenvalue weighted by Gasteiger charge is -2.07. The summed E-state index contributed by atoms with van der Waals surface area (Å²) in [7, 11) is 0. The monoisotopic (exact) mass is 239 g/mol. The fourth-order valence-electron chi connectivity index (χ4n) is 1.40. The molecule has 2 heterocycles. The van der Waals surface area contributed by atoms with E-state index in [9.17, 15) is 0 Å². The smallest absolute Gasteiger partial charge is 0.135 e. The summed E-state index contributed by atoms with van der Waals surface area (Å²) < 4.78 is 0. The predicted molar refractivity (Wildman–Crippen MR) is 65.3 cm³/mol. The van der Waals surface area contributed by atoms with E-state index in [1.165, 1.54) is 0 Å². The van der Waals surface area contributed by atoms with Gasteiger partial charge in [0, 0.05) is 24.0 Å². The third-order valence-corrected chi connectivity index (χ3v) is 4.16. The quantitative estimate of drug-likeness (QED) is 0.892. The molecular formula is C10H13N3S2. The minimum Gasteiger partial charge on any atom is -0.330 e. The van der Waals surface area contributed by atoms with Crippen LogP contribution in [0.3, 0.4) is 0 Å². The molecule has 0 saturated heterocycles. The van der Waals surface area contributed by atoms with Crippen molar-refractivity contribution in [3.05, 3.63) is 22.8 Å². The van der Waals surface area contributed by atoms with Crippen molar-refractivity contribution in [3.63, 3.8) is 0 Å². The van der Waals surface area contributed by atoms with Crippen LogP contribution in [0.5, 0.6) is 0 Å². The van der Waals surface area contributed by atoms with Gasteiger partial charge in [0.15, 0.2) is 0 Å². The lowest BCUT2D eigenvalue weighted by Crippen LogP contribution is -2.11. The van der Waals surface area contributed by atoms with Crippen LogP contribution in [0.1, 0.15) is 25.0 Å². The van der Waals surface area contributed by atoms with Crippen molar-refractivity contribution in [2.45, 2.75) is 19.3 Å². The SMILES string of the molecule is CCC(CN)c1csc(-c2cncs2)n1. The van der Waals surface area contributed by atoms with Gasteiger partial charge < -0.3 is 5.73 Å². The highest BCUT2D eigenvalue weighted by Gasteiger charge is 2.12. The Hall–Kier alpha value is -0.780. The van der Waals surface area contributed by atoms with Crippen molar-refractivity contribution in [1.29, 1.82) is 0 Å². The Morgan fingerprint density at radius 1 is 1.47 bits per heavy atom. The van der Waals surface area contributed by atoms with Crippen LogP contribution in [0.25, 0.3) is 9.88 Å². The highest BCUT2D eigenvalue weighted by Crippen LogP contribution is 2.29. The van der Waals surface area contributed by atoms with E-state index in [-0.39, 0.29) is 0 Å². The minimum atomic E-state index is 0.392. The van der Waals surface area contributed by atoms with Crippen molar-refractivity contribution in [3.8, 4) is 9.88 Å². The van der Waals surface area contributed by atoms with Gasteiger partial charge in [-0.1, -0.05) is 6.92 Å². The molecule has 0 aliphatic heterocycles. The van der Waals surface area contributed by atoms with Crippen LogP contribution in [0.2, 0.25) is 0 Å². The third-order valence-electron chi connectivity index (χ3n) is 2.36. The molecule has 0 spiro atoms. The Bertz CT molecular complexity index is 404. The van der Waals surface area contributed by atoms with Gasteiger partial charge in [0.25, 0.3) is 0 Å². The summed E-state index contributed by atoms with van der Waals surface area (Å²) in [5, 5.41) is 3.16. The molecule has 0 amide bonds. The first-order valence-corrected chi connectivity index (χ1v) is 6.65. The van der Waals surface area contributed by atoms with Crippen LogP contribution in [0.15, 0.2) is 17.1 Å². The zero-order valence-corrected chi connectivity index (χ0v) is 10.1. The molecule has 2 aromatic rings. The molecule has 5 heteroatoms. The molecule has 3 nitrogen and oxygen atoms in total. The van der Waals surface area contributed by atoms with Crippen molar-refractivity contribution in [1.82, 2.24) is 9.97 Å². The van der Waals surface area contributed by atoms with Gasteiger partial charge in [0.1, 0.15) is 5.01 Å². The van der Waals surface area contributed by atoms with Crippen LogP contribution >= 0.6 is 22.7 Å². The standard InChI is InChI=1S/C10H13N3S2/c1-2-7(3-11)8-5-14-10(13-8)9-4-12-6-15-9/h4-7H,2-3,11H2,1H3. The van der Waals surface area contributed by atoms with Crippen LogP contribution in [-0.4, -0.2) is 16.5 Å². The summed E-state index contributed by atoms with van der Waals surface area (Å²) in [4.78, 5) is 9.79. The average Bonchev–Trinajstić information content (AvgIpc) is 2.89. The first-order valence-electron chi connectivity index (χ1n) is 4.89. The van der Waals surface area contributed by atoms with Crippen LogP contribution < -0.4 is 5.73 Å². The summed E-state index contributed by atoms with van der Waals surface area (Å²) in [6, 6.07) is 0. The lowest BCUT2D eigenvalue weighted by molar-refractivity contribution is 0.659. The van der Waals surface area contributed by atoms with Crippen LogP contribution in [-0.2, 0) is 0 Å². The Labute approximate surface area is 97.0 Å². The van der Waals surface area contributed by atoms with E-state index in [0.29, 0.717) is 12.5 Å². The summed E-state index contributed by atoms with van der Waals surface area (Å²) >= 11 is 3.29. The number of aromatic nitrogens is 2. The highest BCUT2D eigenvalue weighted by molar-refractivity contribution is 7.19. The predicted octanol–water partition coefficient (Wildman–Crippen LogP) is 2.72. The maximum absolute atomic E-state index is 5.70. The topological polar surface area (TPSA) is 51.8 Å². The van der Waals surface area contributed by atoms with Gasteiger partial charge in [0.05, 0.1) is 16.1 Å². The van der Waals surface area contributed by atoms with Gasteiger partial charge in [0.2, 0.25) is 0 Å². The van der Waals surface area contributed by atoms with E-state index in [0.717, 1.165) is 22.0 Å². The molecule has 2 N–H and O–H groups in total. The molecule has 0 radical (unpaired) electrons. The lowest BCUT2D eigenvalue weighted by atomic mass is 10.0.